The van der Waals surface area contributed by atoms with Gasteiger partial charge in [-0.05, 0) is 42.3 Å². The monoisotopic (exact) mass is 392 g/mol. The number of benzene rings is 2. The second-order valence-corrected chi connectivity index (χ2v) is 6.58. The molecule has 1 unspecified atom stereocenters. The first kappa shape index (κ1) is 20.1. The van der Waals surface area contributed by atoms with E-state index in [-0.39, 0.29) is 11.9 Å². The van der Waals surface area contributed by atoms with E-state index in [9.17, 15) is 4.79 Å². The van der Waals surface area contributed by atoms with Crippen LogP contribution in [0.5, 0.6) is 0 Å². The summed E-state index contributed by atoms with van der Waals surface area (Å²) in [5.74, 6) is 0.522. The van der Waals surface area contributed by atoms with E-state index in [1.807, 2.05) is 31.2 Å². The van der Waals surface area contributed by atoms with Crippen LogP contribution in [-0.2, 0) is 6.54 Å². The number of guanidine groups is 1. The molecule has 0 aliphatic heterocycles. The molecule has 0 saturated heterocycles. The molecule has 0 saturated carbocycles. The van der Waals surface area contributed by atoms with Crippen LogP contribution < -0.4 is 16.0 Å². The third-order valence-corrected chi connectivity index (χ3v) is 4.44. The van der Waals surface area contributed by atoms with Gasteiger partial charge in [-0.3, -0.25) is 9.79 Å². The second kappa shape index (κ2) is 9.46. The lowest BCUT2D eigenvalue weighted by Gasteiger charge is -2.19. The van der Waals surface area contributed by atoms with Gasteiger partial charge in [0.1, 0.15) is 0 Å². The van der Waals surface area contributed by atoms with E-state index in [0.717, 1.165) is 11.1 Å². The second-order valence-electron chi connectivity index (χ2n) is 5.74. The molecule has 2 aromatic rings. The molecule has 2 rings (SSSR count). The Morgan fingerprint density at radius 1 is 1.19 bits per heavy atom. The number of rotatable bonds is 5. The summed E-state index contributed by atoms with van der Waals surface area (Å²) >= 11 is 12.2. The maximum Gasteiger partial charge on any atom is 0.251 e. The standard InChI is InChI=1S/C19H22Cl2N4O/c1-12(16-8-7-15(20)10-17(16)21)25-19(23-3)24-11-13-5-4-6-14(9-13)18(26)22-2/h4-10,12H,11H2,1-3H3,(H,22,26)(H2,23,24,25). The molecule has 0 aliphatic rings. The maximum absolute atomic E-state index is 11.7. The molecule has 3 N–H and O–H groups in total. The Kier molecular flexibility index (Phi) is 7.30. The Hall–Kier alpha value is -2.24. The highest BCUT2D eigenvalue weighted by Crippen LogP contribution is 2.25. The molecule has 2 aromatic carbocycles. The number of hydrogen-bond acceptors (Lipinski definition) is 2. The lowest BCUT2D eigenvalue weighted by Crippen LogP contribution is -2.38. The van der Waals surface area contributed by atoms with Crippen LogP contribution in [0.1, 0.15) is 34.5 Å². The predicted octanol–water partition coefficient (Wildman–Crippen LogP) is 3.78. The Morgan fingerprint density at radius 3 is 2.62 bits per heavy atom. The normalized spacial score (nSPS) is 12.4. The smallest absolute Gasteiger partial charge is 0.251 e. The number of carbonyl (C=O) groups is 1. The van der Waals surface area contributed by atoms with Crippen LogP contribution in [0.2, 0.25) is 10.0 Å². The van der Waals surface area contributed by atoms with Crippen molar-refractivity contribution in [2.24, 2.45) is 4.99 Å². The third kappa shape index (κ3) is 5.38. The van der Waals surface area contributed by atoms with Crippen molar-refractivity contribution in [3.05, 3.63) is 69.2 Å². The van der Waals surface area contributed by atoms with Crippen molar-refractivity contribution in [2.75, 3.05) is 14.1 Å². The van der Waals surface area contributed by atoms with Crippen molar-refractivity contribution in [3.8, 4) is 0 Å². The zero-order chi connectivity index (χ0) is 19.1. The summed E-state index contributed by atoms with van der Waals surface area (Å²) in [7, 11) is 3.31. The molecule has 1 atom stereocenters. The van der Waals surface area contributed by atoms with E-state index in [0.29, 0.717) is 28.1 Å². The van der Waals surface area contributed by atoms with E-state index in [1.165, 1.54) is 0 Å². The minimum Gasteiger partial charge on any atom is -0.355 e. The molecule has 0 spiro atoms. The summed E-state index contributed by atoms with van der Waals surface area (Å²) < 4.78 is 0. The number of nitrogens with zero attached hydrogens (tertiary/aromatic N) is 1. The molecule has 0 bridgehead atoms. The highest BCUT2D eigenvalue weighted by atomic mass is 35.5. The van der Waals surface area contributed by atoms with E-state index in [4.69, 9.17) is 23.2 Å². The fraction of sp³-hybridized carbons (Fsp3) is 0.263. The summed E-state index contributed by atoms with van der Waals surface area (Å²) in [5.41, 5.74) is 2.53. The molecule has 0 aliphatic carbocycles. The summed E-state index contributed by atoms with van der Waals surface area (Å²) in [4.78, 5) is 16.0. The lowest BCUT2D eigenvalue weighted by molar-refractivity contribution is 0.0963. The van der Waals surface area contributed by atoms with Crippen LogP contribution in [-0.4, -0.2) is 26.0 Å². The molecule has 0 heterocycles. The molecule has 0 aromatic heterocycles. The van der Waals surface area contributed by atoms with Crippen LogP contribution in [0.15, 0.2) is 47.5 Å². The minimum atomic E-state index is -0.111. The van der Waals surface area contributed by atoms with E-state index in [2.05, 4.69) is 20.9 Å². The summed E-state index contributed by atoms with van der Waals surface area (Å²) in [5, 5.41) is 10.4. The van der Waals surface area contributed by atoms with Crippen molar-refractivity contribution in [2.45, 2.75) is 19.5 Å². The molecule has 26 heavy (non-hydrogen) atoms. The molecule has 5 nitrogen and oxygen atoms in total. The van der Waals surface area contributed by atoms with Crippen molar-refractivity contribution in [3.63, 3.8) is 0 Å². The van der Waals surface area contributed by atoms with Crippen molar-refractivity contribution >= 4 is 35.1 Å². The van der Waals surface area contributed by atoms with Gasteiger partial charge in [-0.2, -0.15) is 0 Å². The number of halogens is 2. The molecular weight excluding hydrogens is 371 g/mol. The minimum absolute atomic E-state index is 0.0526. The highest BCUT2D eigenvalue weighted by molar-refractivity contribution is 6.35. The first-order chi connectivity index (χ1) is 12.4. The summed E-state index contributed by atoms with van der Waals surface area (Å²) in [6, 6.07) is 12.8. The molecule has 0 fully saturated rings. The average Bonchev–Trinajstić information content (AvgIpc) is 2.64. The van der Waals surface area contributed by atoms with Gasteiger partial charge < -0.3 is 16.0 Å². The van der Waals surface area contributed by atoms with Gasteiger partial charge in [-0.1, -0.05) is 41.4 Å². The van der Waals surface area contributed by atoms with Crippen molar-refractivity contribution < 1.29 is 4.79 Å². The largest absolute Gasteiger partial charge is 0.355 e. The van der Waals surface area contributed by atoms with Gasteiger partial charge in [0.05, 0.1) is 6.04 Å². The summed E-state index contributed by atoms with van der Waals surface area (Å²) in [6.45, 7) is 2.53. The van der Waals surface area contributed by atoms with Gasteiger partial charge in [0.15, 0.2) is 5.96 Å². The van der Waals surface area contributed by atoms with E-state index < -0.39 is 0 Å². The van der Waals surface area contributed by atoms with Crippen LogP contribution in [0.4, 0.5) is 0 Å². The molecule has 7 heteroatoms. The average molecular weight is 393 g/mol. The van der Waals surface area contributed by atoms with Gasteiger partial charge >= 0.3 is 0 Å². The van der Waals surface area contributed by atoms with Gasteiger partial charge in [0.25, 0.3) is 5.91 Å². The lowest BCUT2D eigenvalue weighted by atomic mass is 10.1. The van der Waals surface area contributed by atoms with Crippen molar-refractivity contribution in [1.29, 1.82) is 0 Å². The topological polar surface area (TPSA) is 65.5 Å². The number of hydrogen-bond donors (Lipinski definition) is 3. The van der Waals surface area contributed by atoms with E-state index in [1.54, 1.807) is 32.3 Å². The van der Waals surface area contributed by atoms with Gasteiger partial charge in [0, 0.05) is 36.2 Å². The molecule has 1 amide bonds. The molecule has 0 radical (unpaired) electrons. The zero-order valence-electron chi connectivity index (χ0n) is 14.9. The Labute approximate surface area is 163 Å². The fourth-order valence-corrected chi connectivity index (χ4v) is 3.05. The first-order valence-corrected chi connectivity index (χ1v) is 8.93. The van der Waals surface area contributed by atoms with Crippen LogP contribution in [0.25, 0.3) is 0 Å². The van der Waals surface area contributed by atoms with Crippen LogP contribution >= 0.6 is 23.2 Å². The highest BCUT2D eigenvalue weighted by Gasteiger charge is 2.12. The number of amides is 1. The Morgan fingerprint density at radius 2 is 1.96 bits per heavy atom. The SMILES string of the molecule is CN=C(NCc1cccc(C(=O)NC)c1)NC(C)c1ccc(Cl)cc1Cl. The number of carbonyl (C=O) groups excluding carboxylic acids is 1. The molecular formula is C19H22Cl2N4O. The fourth-order valence-electron chi connectivity index (χ4n) is 2.48. The molecule has 138 valence electrons. The first-order valence-electron chi connectivity index (χ1n) is 8.17. The Balaban J connectivity index is 2.01. The zero-order valence-corrected chi connectivity index (χ0v) is 16.4. The summed E-state index contributed by atoms with van der Waals surface area (Å²) in [6.07, 6.45) is 0. The van der Waals surface area contributed by atoms with Gasteiger partial charge in [0.2, 0.25) is 0 Å². The predicted molar refractivity (Wildman–Crippen MR) is 108 cm³/mol. The maximum atomic E-state index is 11.7. The number of nitrogens with one attached hydrogen (secondary N) is 3. The van der Waals surface area contributed by atoms with Crippen LogP contribution in [0, 0.1) is 0 Å². The van der Waals surface area contributed by atoms with Gasteiger partial charge in [-0.15, -0.1) is 0 Å². The number of aliphatic imine (C=N–C) groups is 1. The van der Waals surface area contributed by atoms with Crippen molar-refractivity contribution in [1.82, 2.24) is 16.0 Å². The van der Waals surface area contributed by atoms with Gasteiger partial charge in [-0.25, -0.2) is 0 Å². The van der Waals surface area contributed by atoms with Crippen LogP contribution in [0.3, 0.4) is 0 Å². The quantitative estimate of drug-likeness (QED) is 0.535. The van der Waals surface area contributed by atoms with E-state index >= 15 is 0 Å². The Bertz CT molecular complexity index is 808. The third-order valence-electron chi connectivity index (χ3n) is 3.88.